The summed E-state index contributed by atoms with van der Waals surface area (Å²) >= 11 is 0. The van der Waals surface area contributed by atoms with Crippen LogP contribution in [0.1, 0.15) is 50.8 Å². The van der Waals surface area contributed by atoms with E-state index in [1.54, 1.807) is 75.4 Å². The normalized spacial score (nSPS) is 13.3. The first-order valence-electron chi connectivity index (χ1n) is 14.7. The third kappa shape index (κ3) is 7.96. The Morgan fingerprint density at radius 2 is 1.57 bits per heavy atom. The van der Waals surface area contributed by atoms with E-state index in [0.717, 1.165) is 20.6 Å². The second kappa shape index (κ2) is 14.5. The zero-order valence-electron chi connectivity index (χ0n) is 26.6. The van der Waals surface area contributed by atoms with E-state index in [2.05, 4.69) is 10.2 Å². The number of aryl methyl sites for hydroxylation is 1. The SMILES string of the molecule is Cc1ccccc1N(N)C(=O)N(N)c1ccc(NC(C)(C)C(=O)CC(C)C(=O)N(N)C(CC(=O)ON)c2ccc3c(c2)OCO3)cc1. The minimum absolute atomic E-state index is 0.0410. The number of hydrogen-bond acceptors (Lipinski definition) is 12. The number of amides is 3. The van der Waals surface area contributed by atoms with Crippen LogP contribution in [-0.2, 0) is 19.2 Å². The first kappa shape index (κ1) is 34.6. The number of ketones is 1. The third-order valence-corrected chi connectivity index (χ3v) is 7.86. The highest BCUT2D eigenvalue weighted by Crippen LogP contribution is 2.36. The van der Waals surface area contributed by atoms with Gasteiger partial charge >= 0.3 is 12.0 Å². The molecule has 0 radical (unpaired) electrons. The highest BCUT2D eigenvalue weighted by atomic mass is 16.7. The highest BCUT2D eigenvalue weighted by molar-refractivity contribution is 6.02. The molecule has 3 aromatic rings. The van der Waals surface area contributed by atoms with Crippen molar-refractivity contribution in [3.63, 3.8) is 0 Å². The van der Waals surface area contributed by atoms with Crippen LogP contribution in [0.25, 0.3) is 0 Å². The summed E-state index contributed by atoms with van der Waals surface area (Å²) in [5.74, 6) is 21.9. The van der Waals surface area contributed by atoms with E-state index >= 15 is 0 Å². The Bertz CT molecular complexity index is 1630. The molecule has 1 aliphatic heterocycles. The van der Waals surface area contributed by atoms with Crippen LogP contribution in [0.2, 0.25) is 0 Å². The number of hydrogen-bond donors (Lipinski definition) is 5. The number of para-hydroxylation sites is 1. The number of fused-ring (bicyclic) bond motifs is 1. The molecule has 9 N–H and O–H groups in total. The maximum absolute atomic E-state index is 13.4. The molecule has 2 atom stereocenters. The summed E-state index contributed by atoms with van der Waals surface area (Å²) in [5, 5.41) is 5.96. The van der Waals surface area contributed by atoms with Gasteiger partial charge in [0.25, 0.3) is 0 Å². The van der Waals surface area contributed by atoms with Gasteiger partial charge < -0.3 is 19.6 Å². The molecule has 2 unspecified atom stereocenters. The minimum atomic E-state index is -1.10. The lowest BCUT2D eigenvalue weighted by Crippen LogP contribution is -2.51. The maximum atomic E-state index is 13.4. The molecule has 0 saturated carbocycles. The van der Waals surface area contributed by atoms with Crippen molar-refractivity contribution in [2.45, 2.75) is 52.1 Å². The molecule has 3 amide bonds. The second-order valence-electron chi connectivity index (χ2n) is 11.7. The van der Waals surface area contributed by atoms with E-state index in [-0.39, 0.29) is 25.4 Å². The summed E-state index contributed by atoms with van der Waals surface area (Å²) in [6.45, 7) is 6.81. The molecule has 250 valence electrons. The summed E-state index contributed by atoms with van der Waals surface area (Å²) in [7, 11) is 0. The number of Topliss-reactive ketones (excluding diaryl/α,β-unsaturated/α-hetero) is 1. The van der Waals surface area contributed by atoms with Gasteiger partial charge in [-0.05, 0) is 74.4 Å². The molecule has 0 spiro atoms. The van der Waals surface area contributed by atoms with Crippen LogP contribution < -0.4 is 48.2 Å². The quantitative estimate of drug-likeness (QED) is 0.109. The summed E-state index contributed by atoms with van der Waals surface area (Å²) in [5.41, 5.74) is 1.64. The third-order valence-electron chi connectivity index (χ3n) is 7.86. The molecular weight excluding hydrogens is 608 g/mol. The van der Waals surface area contributed by atoms with Crippen LogP contribution in [0.3, 0.4) is 0 Å². The van der Waals surface area contributed by atoms with Crippen LogP contribution in [0.15, 0.2) is 66.7 Å². The number of carbonyl (C=O) groups is 4. The van der Waals surface area contributed by atoms with E-state index in [0.29, 0.717) is 34.1 Å². The van der Waals surface area contributed by atoms with Gasteiger partial charge in [0, 0.05) is 18.0 Å². The number of nitrogens with two attached hydrogens (primary N) is 4. The minimum Gasteiger partial charge on any atom is -0.454 e. The lowest BCUT2D eigenvalue weighted by molar-refractivity contribution is -0.148. The molecule has 4 rings (SSSR count). The zero-order valence-corrected chi connectivity index (χ0v) is 26.6. The molecular formula is C32H40N8O7. The highest BCUT2D eigenvalue weighted by Gasteiger charge is 2.34. The number of benzene rings is 3. The molecule has 0 bridgehead atoms. The van der Waals surface area contributed by atoms with Crippen molar-refractivity contribution in [3.8, 4) is 11.5 Å². The fourth-order valence-corrected chi connectivity index (χ4v) is 5.03. The molecule has 1 aliphatic rings. The van der Waals surface area contributed by atoms with Crippen LogP contribution in [0, 0.1) is 12.8 Å². The molecule has 3 aromatic carbocycles. The van der Waals surface area contributed by atoms with Gasteiger partial charge in [-0.1, -0.05) is 31.2 Å². The van der Waals surface area contributed by atoms with Crippen LogP contribution in [0.4, 0.5) is 21.9 Å². The van der Waals surface area contributed by atoms with E-state index in [9.17, 15) is 19.2 Å². The number of anilines is 3. The van der Waals surface area contributed by atoms with Crippen molar-refractivity contribution in [3.05, 3.63) is 77.9 Å². The Hall–Kier alpha value is -5.22. The van der Waals surface area contributed by atoms with Gasteiger partial charge in [0.05, 0.1) is 29.4 Å². The number of ether oxygens (including phenoxy) is 2. The predicted molar refractivity (Wildman–Crippen MR) is 174 cm³/mol. The van der Waals surface area contributed by atoms with Crippen LogP contribution >= 0.6 is 0 Å². The van der Waals surface area contributed by atoms with Gasteiger partial charge in [-0.15, -0.1) is 0 Å². The van der Waals surface area contributed by atoms with Crippen molar-refractivity contribution in [2.24, 2.45) is 29.3 Å². The molecule has 0 saturated heterocycles. The van der Waals surface area contributed by atoms with E-state index in [1.807, 2.05) is 19.1 Å². The lowest BCUT2D eigenvalue weighted by atomic mass is 9.90. The summed E-state index contributed by atoms with van der Waals surface area (Å²) in [6.07, 6.45) is -0.487. The average molecular weight is 649 g/mol. The van der Waals surface area contributed by atoms with E-state index in [4.69, 9.17) is 32.9 Å². The topological polar surface area (TPSA) is 222 Å². The molecule has 0 aromatic heterocycles. The number of carbonyl (C=O) groups excluding carboxylic acids is 4. The van der Waals surface area contributed by atoms with Crippen molar-refractivity contribution in [2.75, 3.05) is 22.1 Å². The van der Waals surface area contributed by atoms with Crippen molar-refractivity contribution >= 4 is 40.8 Å². The summed E-state index contributed by atoms with van der Waals surface area (Å²) in [4.78, 5) is 56.2. The average Bonchev–Trinajstić information content (AvgIpc) is 3.54. The van der Waals surface area contributed by atoms with Gasteiger partial charge in [0.1, 0.15) is 0 Å². The number of hydrazine groups is 3. The zero-order chi connectivity index (χ0) is 34.5. The number of urea groups is 1. The van der Waals surface area contributed by atoms with Crippen LogP contribution in [0.5, 0.6) is 11.5 Å². The van der Waals surface area contributed by atoms with Gasteiger partial charge in [-0.3, -0.25) is 19.4 Å². The summed E-state index contributed by atoms with van der Waals surface area (Å²) in [6, 6.07) is 17.0. The second-order valence-corrected chi connectivity index (χ2v) is 11.7. The fourth-order valence-electron chi connectivity index (χ4n) is 5.03. The molecule has 0 aliphatic carbocycles. The Kier molecular flexibility index (Phi) is 10.7. The Morgan fingerprint density at radius 3 is 2.23 bits per heavy atom. The molecule has 0 fully saturated rings. The first-order valence-corrected chi connectivity index (χ1v) is 14.7. The molecule has 1 heterocycles. The number of nitrogens with one attached hydrogen (secondary N) is 1. The van der Waals surface area contributed by atoms with Crippen molar-refractivity contribution in [1.82, 2.24) is 5.01 Å². The van der Waals surface area contributed by atoms with Crippen LogP contribution in [-0.4, -0.2) is 41.0 Å². The molecule has 15 heteroatoms. The van der Waals surface area contributed by atoms with Gasteiger partial charge in [-0.2, -0.15) is 5.90 Å². The molecule has 15 nitrogen and oxygen atoms in total. The Balaban J connectivity index is 1.39. The summed E-state index contributed by atoms with van der Waals surface area (Å²) < 4.78 is 10.8. The number of nitrogens with zero attached hydrogens (tertiary/aromatic N) is 3. The van der Waals surface area contributed by atoms with E-state index in [1.165, 1.54) is 0 Å². The Morgan fingerprint density at radius 1 is 0.915 bits per heavy atom. The monoisotopic (exact) mass is 648 g/mol. The standard InChI is InChI=1S/C32H40N8O7/c1-19-7-5-6-8-24(19)40(35)31(44)38(33)23-12-10-22(11-13-23)37-32(3,4)28(41)15-20(2)30(43)39(34)25(17-29(42)47-36)21-9-14-26-27(16-21)46-18-45-26/h5-14,16,20,25,37H,15,17-18,33-36H2,1-4H3. The maximum Gasteiger partial charge on any atom is 0.357 e. The van der Waals surface area contributed by atoms with Crippen molar-refractivity contribution in [1.29, 1.82) is 0 Å². The van der Waals surface area contributed by atoms with Crippen molar-refractivity contribution < 1.29 is 33.5 Å². The fraction of sp³-hybridized carbons (Fsp3) is 0.312. The molecule has 47 heavy (non-hydrogen) atoms. The smallest absolute Gasteiger partial charge is 0.357 e. The van der Waals surface area contributed by atoms with E-state index < -0.39 is 35.4 Å². The predicted octanol–water partition coefficient (Wildman–Crippen LogP) is 2.94. The van der Waals surface area contributed by atoms with Gasteiger partial charge in [0.2, 0.25) is 12.7 Å². The van der Waals surface area contributed by atoms with Gasteiger partial charge in [-0.25, -0.2) is 32.3 Å². The number of rotatable bonds is 12. The lowest BCUT2D eigenvalue weighted by Gasteiger charge is -2.31. The largest absolute Gasteiger partial charge is 0.454 e. The first-order chi connectivity index (χ1) is 22.2. The Labute approximate surface area is 272 Å². The van der Waals surface area contributed by atoms with Gasteiger partial charge in [0.15, 0.2) is 17.3 Å².